The minimum Gasteiger partial charge on any atom is -0.377 e. The molecule has 7 nitrogen and oxygen atoms in total. The van der Waals surface area contributed by atoms with Gasteiger partial charge in [0, 0.05) is 19.7 Å². The predicted molar refractivity (Wildman–Crippen MR) is 78.4 cm³/mol. The number of nitrogens with zero attached hydrogens (tertiary/aromatic N) is 3. The smallest absolute Gasteiger partial charge is 0.143 e. The fraction of sp³-hybridized carbons (Fsp3) is 0.571. The van der Waals surface area contributed by atoms with E-state index in [4.69, 9.17) is 9.26 Å². The fourth-order valence-corrected chi connectivity index (χ4v) is 2.49. The maximum atomic E-state index is 9.48. The van der Waals surface area contributed by atoms with Crippen LogP contribution in [0.3, 0.4) is 0 Å². The molecule has 0 aromatic carbocycles. The highest BCUT2D eigenvalue weighted by atomic mass is 16.5. The van der Waals surface area contributed by atoms with Gasteiger partial charge in [0.2, 0.25) is 0 Å². The van der Waals surface area contributed by atoms with Crippen molar-refractivity contribution < 1.29 is 14.5 Å². The molecule has 0 amide bonds. The van der Waals surface area contributed by atoms with Crippen molar-refractivity contribution in [1.29, 1.82) is 0 Å². The number of aliphatic imine (C=N–C) groups is 1. The van der Waals surface area contributed by atoms with E-state index in [0.29, 0.717) is 37.1 Å². The highest BCUT2D eigenvalue weighted by Gasteiger charge is 2.22. The molecule has 2 rings (SSSR count). The van der Waals surface area contributed by atoms with Crippen molar-refractivity contribution in [3.63, 3.8) is 0 Å². The summed E-state index contributed by atoms with van der Waals surface area (Å²) in [4.78, 5) is 6.34. The van der Waals surface area contributed by atoms with Crippen LogP contribution in [-0.4, -0.2) is 53.8 Å². The van der Waals surface area contributed by atoms with Gasteiger partial charge in [-0.3, -0.25) is 15.7 Å². The summed E-state index contributed by atoms with van der Waals surface area (Å²) in [5, 5.41) is 13.4. The first-order valence-electron chi connectivity index (χ1n) is 6.94. The van der Waals surface area contributed by atoms with E-state index in [2.05, 4.69) is 15.6 Å². The number of morpholine rings is 1. The first-order chi connectivity index (χ1) is 10.1. The van der Waals surface area contributed by atoms with Gasteiger partial charge in [-0.05, 0) is 20.8 Å². The molecule has 1 aliphatic rings. The Hall–Kier alpha value is -1.86. The fourth-order valence-electron chi connectivity index (χ4n) is 2.49. The lowest BCUT2D eigenvalue weighted by molar-refractivity contribution is 0.00126. The highest BCUT2D eigenvalue weighted by molar-refractivity contribution is 6.10. The molecule has 0 spiro atoms. The maximum Gasteiger partial charge on any atom is 0.143 e. The van der Waals surface area contributed by atoms with Crippen molar-refractivity contribution >= 4 is 5.71 Å². The average molecular weight is 294 g/mol. The number of aryl methyl sites for hydroxylation is 2. The van der Waals surface area contributed by atoms with Crippen molar-refractivity contribution in [3.8, 4) is 0 Å². The molecular formula is C14H22N4O3. The van der Waals surface area contributed by atoms with E-state index in [0.717, 1.165) is 11.3 Å². The van der Waals surface area contributed by atoms with Crippen LogP contribution in [0.4, 0.5) is 0 Å². The molecule has 0 saturated carbocycles. The Bertz CT molecular complexity index is 531. The van der Waals surface area contributed by atoms with Crippen molar-refractivity contribution in [1.82, 2.24) is 15.5 Å². The molecule has 1 aromatic rings. The Kier molecular flexibility index (Phi) is 4.98. The molecule has 2 heterocycles. The lowest BCUT2D eigenvalue weighted by atomic mass is 10.1. The van der Waals surface area contributed by atoms with Crippen LogP contribution in [0.5, 0.6) is 0 Å². The summed E-state index contributed by atoms with van der Waals surface area (Å²) in [5.41, 5.74) is 4.60. The van der Waals surface area contributed by atoms with Gasteiger partial charge in [0.25, 0.3) is 0 Å². The number of aromatic nitrogens is 1. The number of ether oxygens (including phenoxy) is 1. The normalized spacial score (nSPS) is 20.8. The number of hydrogen-bond donors (Lipinski definition) is 2. The van der Waals surface area contributed by atoms with Crippen LogP contribution in [0.2, 0.25) is 0 Å². The number of allylic oxidation sites excluding steroid dienone is 1. The molecule has 116 valence electrons. The molecule has 7 heteroatoms. The maximum absolute atomic E-state index is 9.48. The second-order valence-corrected chi connectivity index (χ2v) is 5.07. The van der Waals surface area contributed by atoms with E-state index in [1.165, 1.54) is 0 Å². The van der Waals surface area contributed by atoms with Gasteiger partial charge in [0.15, 0.2) is 0 Å². The van der Waals surface area contributed by atoms with Gasteiger partial charge in [-0.1, -0.05) is 5.16 Å². The molecular weight excluding hydrogens is 272 g/mol. The molecule has 0 unspecified atom stereocenters. The Morgan fingerprint density at radius 2 is 2.29 bits per heavy atom. The lowest BCUT2D eigenvalue weighted by Crippen LogP contribution is -2.46. The van der Waals surface area contributed by atoms with E-state index in [1.807, 2.05) is 25.7 Å². The summed E-state index contributed by atoms with van der Waals surface area (Å²) in [7, 11) is 1.70. The second kappa shape index (κ2) is 6.73. The molecule has 0 aliphatic carbocycles. The topological polar surface area (TPSA) is 83.1 Å². The summed E-state index contributed by atoms with van der Waals surface area (Å²) >= 11 is 0. The Labute approximate surface area is 124 Å². The van der Waals surface area contributed by atoms with Crippen LogP contribution < -0.4 is 5.48 Å². The van der Waals surface area contributed by atoms with Gasteiger partial charge >= 0.3 is 0 Å². The number of hydroxylamine groups is 1. The number of hydrogen-bond acceptors (Lipinski definition) is 7. The van der Waals surface area contributed by atoms with E-state index < -0.39 is 0 Å². The first kappa shape index (κ1) is 15.5. The molecule has 21 heavy (non-hydrogen) atoms. The standard InChI is InChI=1S/C14H22N4O3/c1-9-8-20-6-5-18(9)13(16-19)7-12(15-4)14-10(2)17-21-11(14)3/h7,9,16,19H,5-6,8H2,1-4H3/t9-/m1/s1. The number of rotatable bonds is 4. The quantitative estimate of drug-likeness (QED) is 0.642. The van der Waals surface area contributed by atoms with E-state index in [9.17, 15) is 5.21 Å². The minimum absolute atomic E-state index is 0.174. The summed E-state index contributed by atoms with van der Waals surface area (Å²) in [6, 6.07) is 0.174. The molecule has 0 bridgehead atoms. The van der Waals surface area contributed by atoms with Crippen molar-refractivity contribution in [2.24, 2.45) is 4.99 Å². The second-order valence-electron chi connectivity index (χ2n) is 5.07. The van der Waals surface area contributed by atoms with Crippen LogP contribution in [0, 0.1) is 13.8 Å². The molecule has 0 radical (unpaired) electrons. The third kappa shape index (κ3) is 3.25. The third-order valence-corrected chi connectivity index (χ3v) is 3.60. The molecule has 1 aliphatic heterocycles. The van der Waals surface area contributed by atoms with Gasteiger partial charge in [0.1, 0.15) is 11.6 Å². The molecule has 2 N–H and O–H groups in total. The first-order valence-corrected chi connectivity index (χ1v) is 6.94. The summed E-state index contributed by atoms with van der Waals surface area (Å²) < 4.78 is 10.6. The van der Waals surface area contributed by atoms with Crippen molar-refractivity contribution in [2.45, 2.75) is 26.8 Å². The SMILES string of the molecule is CN=C(C=C(NO)N1CCOC[C@H]1C)c1c(C)noc1C. The van der Waals surface area contributed by atoms with E-state index >= 15 is 0 Å². The van der Waals surface area contributed by atoms with Crippen LogP contribution in [0.15, 0.2) is 21.4 Å². The number of nitrogens with one attached hydrogen (secondary N) is 1. The predicted octanol–water partition coefficient (Wildman–Crippen LogP) is 1.25. The molecule has 1 atom stereocenters. The van der Waals surface area contributed by atoms with Crippen LogP contribution >= 0.6 is 0 Å². The zero-order valence-corrected chi connectivity index (χ0v) is 12.9. The van der Waals surface area contributed by atoms with Crippen LogP contribution in [-0.2, 0) is 4.74 Å². The van der Waals surface area contributed by atoms with E-state index in [1.54, 1.807) is 13.1 Å². The van der Waals surface area contributed by atoms with E-state index in [-0.39, 0.29) is 6.04 Å². The lowest BCUT2D eigenvalue weighted by Gasteiger charge is -2.36. The molecule has 1 fully saturated rings. The van der Waals surface area contributed by atoms with Crippen LogP contribution in [0.25, 0.3) is 0 Å². The van der Waals surface area contributed by atoms with Gasteiger partial charge in [-0.25, -0.2) is 0 Å². The average Bonchev–Trinajstić information content (AvgIpc) is 2.81. The Morgan fingerprint density at radius 1 is 1.52 bits per heavy atom. The zero-order chi connectivity index (χ0) is 15.4. The minimum atomic E-state index is 0.174. The van der Waals surface area contributed by atoms with Crippen LogP contribution in [0.1, 0.15) is 23.9 Å². The van der Waals surface area contributed by atoms with Gasteiger partial charge < -0.3 is 14.2 Å². The zero-order valence-electron chi connectivity index (χ0n) is 12.9. The van der Waals surface area contributed by atoms with Gasteiger partial charge in [0.05, 0.1) is 36.2 Å². The van der Waals surface area contributed by atoms with Crippen molar-refractivity contribution in [3.05, 3.63) is 28.9 Å². The Balaban J connectivity index is 2.33. The third-order valence-electron chi connectivity index (χ3n) is 3.60. The Morgan fingerprint density at radius 3 is 2.81 bits per heavy atom. The van der Waals surface area contributed by atoms with Gasteiger partial charge in [-0.15, -0.1) is 0 Å². The molecule has 1 saturated heterocycles. The molecule has 1 aromatic heterocycles. The van der Waals surface area contributed by atoms with Crippen molar-refractivity contribution in [2.75, 3.05) is 26.8 Å². The van der Waals surface area contributed by atoms with Gasteiger partial charge in [-0.2, -0.15) is 0 Å². The monoisotopic (exact) mass is 294 g/mol. The largest absolute Gasteiger partial charge is 0.377 e. The summed E-state index contributed by atoms with van der Waals surface area (Å²) in [6.07, 6.45) is 1.80. The summed E-state index contributed by atoms with van der Waals surface area (Å²) in [6.45, 7) is 7.73. The summed E-state index contributed by atoms with van der Waals surface area (Å²) in [5.74, 6) is 1.29. The highest BCUT2D eigenvalue weighted by Crippen LogP contribution is 2.17.